The molecule has 1 heterocycles. The Kier molecular flexibility index (Phi) is 2.92. The summed E-state index contributed by atoms with van der Waals surface area (Å²) in [6.07, 6.45) is -0.683. The van der Waals surface area contributed by atoms with Gasteiger partial charge in [0.1, 0.15) is 11.9 Å². The predicted molar refractivity (Wildman–Crippen MR) is 41.4 cm³/mol. The lowest BCUT2D eigenvalue weighted by molar-refractivity contribution is -0.139. The Bertz CT molecular complexity index is 299. The number of hydrogen-bond acceptors (Lipinski definition) is 3. The molecule has 0 bridgehead atoms. The maximum absolute atomic E-state index is 12.4. The molecule has 4 nitrogen and oxygen atoms in total. The van der Waals surface area contributed by atoms with Gasteiger partial charge in [-0.05, 0) is 12.1 Å². The Hall–Kier alpha value is -1.49. The Morgan fingerprint density at radius 3 is 2.77 bits per heavy atom. The summed E-state index contributed by atoms with van der Waals surface area (Å²) in [4.78, 5) is 13.7. The third-order valence-corrected chi connectivity index (χ3v) is 1.46. The number of aliphatic hydroxyl groups excluding tert-OH is 1. The molecule has 5 heteroatoms. The van der Waals surface area contributed by atoms with Gasteiger partial charge in [-0.2, -0.15) is 0 Å². The number of halogens is 1. The van der Waals surface area contributed by atoms with Crippen molar-refractivity contribution in [2.75, 3.05) is 0 Å². The van der Waals surface area contributed by atoms with Gasteiger partial charge in [0.05, 0.1) is 18.3 Å². The first-order valence-corrected chi connectivity index (χ1v) is 3.61. The molecule has 2 N–H and O–H groups in total. The molecule has 1 aromatic rings. The summed E-state index contributed by atoms with van der Waals surface area (Å²) in [6, 6.07) is 2.37. The molecule has 0 aromatic carbocycles. The summed E-state index contributed by atoms with van der Waals surface area (Å²) in [5.74, 6) is -1.65. The Balaban J connectivity index is 2.71. The van der Waals surface area contributed by atoms with Crippen LogP contribution in [-0.4, -0.2) is 21.2 Å². The number of hydrogen-bond donors (Lipinski definition) is 2. The molecule has 13 heavy (non-hydrogen) atoms. The normalized spacial score (nSPS) is 12.5. The minimum absolute atomic E-state index is 0.156. The number of carbonyl (C=O) groups is 1. The van der Waals surface area contributed by atoms with Gasteiger partial charge in [-0.1, -0.05) is 0 Å². The van der Waals surface area contributed by atoms with Crippen LogP contribution in [0.1, 0.15) is 18.2 Å². The van der Waals surface area contributed by atoms with Crippen molar-refractivity contribution in [1.29, 1.82) is 0 Å². The van der Waals surface area contributed by atoms with Crippen molar-refractivity contribution in [3.05, 3.63) is 29.8 Å². The van der Waals surface area contributed by atoms with Crippen molar-refractivity contribution < 1.29 is 19.4 Å². The van der Waals surface area contributed by atoms with Crippen molar-refractivity contribution in [2.24, 2.45) is 0 Å². The molecular formula is C8H8FNO3. The third kappa shape index (κ3) is 2.79. The van der Waals surface area contributed by atoms with Gasteiger partial charge in [0, 0.05) is 0 Å². The number of aromatic nitrogens is 1. The molecule has 0 saturated heterocycles. The highest BCUT2D eigenvalue weighted by atomic mass is 19.1. The van der Waals surface area contributed by atoms with Gasteiger partial charge in [0.2, 0.25) is 0 Å². The van der Waals surface area contributed by atoms with E-state index >= 15 is 0 Å². The highest BCUT2D eigenvalue weighted by Gasteiger charge is 2.12. The highest BCUT2D eigenvalue weighted by Crippen LogP contribution is 2.13. The molecule has 0 spiro atoms. The van der Waals surface area contributed by atoms with Crippen LogP contribution in [0, 0.1) is 5.82 Å². The van der Waals surface area contributed by atoms with E-state index in [4.69, 9.17) is 5.11 Å². The zero-order chi connectivity index (χ0) is 9.84. The van der Waals surface area contributed by atoms with Crippen molar-refractivity contribution in [2.45, 2.75) is 12.5 Å². The van der Waals surface area contributed by atoms with E-state index in [0.717, 1.165) is 12.3 Å². The SMILES string of the molecule is O=C(O)CC(O)c1ccc(F)cn1. The van der Waals surface area contributed by atoms with Crippen LogP contribution in [0.2, 0.25) is 0 Å². The maximum Gasteiger partial charge on any atom is 0.306 e. The number of carboxylic acid groups (broad SMARTS) is 1. The lowest BCUT2D eigenvalue weighted by atomic mass is 10.2. The molecule has 0 saturated carbocycles. The molecule has 1 atom stereocenters. The van der Waals surface area contributed by atoms with Crippen molar-refractivity contribution >= 4 is 5.97 Å². The Morgan fingerprint density at radius 2 is 2.31 bits per heavy atom. The monoisotopic (exact) mass is 185 g/mol. The predicted octanol–water partition coefficient (Wildman–Crippen LogP) is 0.729. The van der Waals surface area contributed by atoms with Crippen LogP contribution in [0.25, 0.3) is 0 Å². The second kappa shape index (κ2) is 3.95. The van der Waals surface area contributed by atoms with Crippen LogP contribution < -0.4 is 0 Å². The minimum Gasteiger partial charge on any atom is -0.481 e. The molecule has 70 valence electrons. The first-order valence-electron chi connectivity index (χ1n) is 3.61. The Labute approximate surface area is 73.7 Å². The summed E-state index contributed by atoms with van der Waals surface area (Å²) in [5, 5.41) is 17.6. The molecule has 1 rings (SSSR count). The highest BCUT2D eigenvalue weighted by molar-refractivity contribution is 5.67. The molecule has 1 unspecified atom stereocenters. The van der Waals surface area contributed by atoms with Gasteiger partial charge in [-0.25, -0.2) is 4.39 Å². The van der Waals surface area contributed by atoms with Gasteiger partial charge >= 0.3 is 5.97 Å². The number of nitrogens with zero attached hydrogens (tertiary/aromatic N) is 1. The van der Waals surface area contributed by atoms with Crippen LogP contribution in [0.4, 0.5) is 4.39 Å². The van der Waals surface area contributed by atoms with Crippen molar-refractivity contribution in [1.82, 2.24) is 4.98 Å². The summed E-state index contributed by atoms with van der Waals surface area (Å²) in [7, 11) is 0. The molecule has 1 aromatic heterocycles. The van der Waals surface area contributed by atoms with Gasteiger partial charge in [-0.15, -0.1) is 0 Å². The van der Waals surface area contributed by atoms with E-state index in [9.17, 15) is 14.3 Å². The average molecular weight is 185 g/mol. The lowest BCUT2D eigenvalue weighted by Gasteiger charge is -2.05. The standard InChI is InChI=1S/C8H8FNO3/c9-5-1-2-6(10-4-5)7(11)3-8(12)13/h1-2,4,7,11H,3H2,(H,12,13). The maximum atomic E-state index is 12.4. The van der Waals surface area contributed by atoms with E-state index in [1.807, 2.05) is 0 Å². The number of pyridine rings is 1. The average Bonchev–Trinajstić information content (AvgIpc) is 2.04. The molecule has 0 aliphatic carbocycles. The largest absolute Gasteiger partial charge is 0.481 e. The molecule has 0 radical (unpaired) electrons. The topological polar surface area (TPSA) is 70.4 Å². The first-order chi connectivity index (χ1) is 6.09. The summed E-state index contributed by atoms with van der Waals surface area (Å²) >= 11 is 0. The van der Waals surface area contributed by atoms with Gasteiger partial charge in [0.15, 0.2) is 0 Å². The van der Waals surface area contributed by atoms with E-state index in [0.29, 0.717) is 0 Å². The summed E-state index contributed by atoms with van der Waals surface area (Å²) in [6.45, 7) is 0. The fourth-order valence-corrected chi connectivity index (χ4v) is 0.854. The van der Waals surface area contributed by atoms with Crippen molar-refractivity contribution in [3.8, 4) is 0 Å². The first kappa shape index (κ1) is 9.60. The van der Waals surface area contributed by atoms with Crippen LogP contribution in [0.3, 0.4) is 0 Å². The second-order valence-electron chi connectivity index (χ2n) is 2.51. The fraction of sp³-hybridized carbons (Fsp3) is 0.250. The van der Waals surface area contributed by atoms with E-state index in [1.54, 1.807) is 0 Å². The van der Waals surface area contributed by atoms with Crippen molar-refractivity contribution in [3.63, 3.8) is 0 Å². The molecular weight excluding hydrogens is 177 g/mol. The van der Waals surface area contributed by atoms with E-state index in [1.165, 1.54) is 6.07 Å². The molecule has 0 aliphatic heterocycles. The quantitative estimate of drug-likeness (QED) is 0.728. The third-order valence-electron chi connectivity index (χ3n) is 1.46. The number of aliphatic hydroxyl groups is 1. The zero-order valence-corrected chi connectivity index (χ0v) is 6.64. The number of rotatable bonds is 3. The Morgan fingerprint density at radius 1 is 1.62 bits per heavy atom. The van der Waals surface area contributed by atoms with E-state index in [-0.39, 0.29) is 5.69 Å². The van der Waals surface area contributed by atoms with E-state index in [2.05, 4.69) is 4.98 Å². The van der Waals surface area contributed by atoms with Crippen LogP contribution in [-0.2, 0) is 4.79 Å². The molecule has 0 aliphatic rings. The number of carboxylic acids is 1. The fourth-order valence-electron chi connectivity index (χ4n) is 0.854. The van der Waals surface area contributed by atoms with Crippen LogP contribution in [0.15, 0.2) is 18.3 Å². The molecule has 0 fully saturated rings. The second-order valence-corrected chi connectivity index (χ2v) is 2.51. The smallest absolute Gasteiger partial charge is 0.306 e. The zero-order valence-electron chi connectivity index (χ0n) is 6.64. The van der Waals surface area contributed by atoms with Crippen LogP contribution in [0.5, 0.6) is 0 Å². The van der Waals surface area contributed by atoms with Gasteiger partial charge in [-0.3, -0.25) is 9.78 Å². The van der Waals surface area contributed by atoms with Gasteiger partial charge < -0.3 is 10.2 Å². The molecule has 0 amide bonds. The van der Waals surface area contributed by atoms with Gasteiger partial charge in [0.25, 0.3) is 0 Å². The summed E-state index contributed by atoms with van der Waals surface area (Å²) in [5.41, 5.74) is 0.156. The lowest BCUT2D eigenvalue weighted by Crippen LogP contribution is -2.06. The summed E-state index contributed by atoms with van der Waals surface area (Å²) < 4.78 is 12.4. The number of aliphatic carboxylic acids is 1. The van der Waals surface area contributed by atoms with E-state index < -0.39 is 24.3 Å². The van der Waals surface area contributed by atoms with Crippen LogP contribution >= 0.6 is 0 Å². The minimum atomic E-state index is -1.18.